The molecule has 0 radical (unpaired) electrons. The van der Waals surface area contributed by atoms with Crippen LogP contribution in [0.15, 0.2) is 35.1 Å². The van der Waals surface area contributed by atoms with E-state index in [1.165, 1.54) is 25.4 Å². The molecule has 0 aliphatic heterocycles. The van der Waals surface area contributed by atoms with E-state index in [2.05, 4.69) is 20.9 Å². The van der Waals surface area contributed by atoms with E-state index in [0.29, 0.717) is 20.9 Å². The number of hydrogen-bond acceptors (Lipinski definition) is 3. The number of alkyl halides is 3. The number of rotatable bonds is 5. The third kappa shape index (κ3) is 4.75. The van der Waals surface area contributed by atoms with Gasteiger partial charge in [-0.25, -0.2) is 4.98 Å². The lowest BCUT2D eigenvalue weighted by Gasteiger charge is -2.25. The van der Waals surface area contributed by atoms with Crippen LogP contribution in [0.5, 0.6) is 0 Å². The van der Waals surface area contributed by atoms with Crippen LogP contribution >= 0.6 is 39.1 Å². The predicted octanol–water partition coefficient (Wildman–Crippen LogP) is 5.78. The molecule has 130 valence electrons. The van der Waals surface area contributed by atoms with Crippen molar-refractivity contribution in [1.29, 1.82) is 0 Å². The average molecular weight is 444 g/mol. The Morgan fingerprint density at radius 1 is 1.25 bits per heavy atom. The lowest BCUT2D eigenvalue weighted by Crippen LogP contribution is -2.26. The lowest BCUT2D eigenvalue weighted by molar-refractivity contribution is -0.137. The van der Waals surface area contributed by atoms with Gasteiger partial charge < -0.3 is 9.64 Å². The van der Waals surface area contributed by atoms with Crippen molar-refractivity contribution in [3.8, 4) is 0 Å². The minimum Gasteiger partial charge on any atom is -0.364 e. The zero-order chi connectivity index (χ0) is 17.9. The molecule has 0 N–H and O–H groups in total. The van der Waals surface area contributed by atoms with E-state index in [1.54, 1.807) is 11.0 Å². The van der Waals surface area contributed by atoms with Gasteiger partial charge in [0.05, 0.1) is 21.3 Å². The summed E-state index contributed by atoms with van der Waals surface area (Å²) >= 11 is 14.9. The molecule has 2 aromatic rings. The number of ether oxygens (including phenoxy) is 1. The minimum atomic E-state index is -4.52. The van der Waals surface area contributed by atoms with Gasteiger partial charge in [-0.2, -0.15) is 13.2 Å². The predicted molar refractivity (Wildman–Crippen MR) is 91.5 cm³/mol. The number of nitrogens with zero attached hydrogens (tertiary/aromatic N) is 2. The molecule has 1 aromatic heterocycles. The second kappa shape index (κ2) is 7.91. The number of aromatic nitrogens is 1. The molecule has 0 spiro atoms. The highest BCUT2D eigenvalue weighted by Crippen LogP contribution is 2.36. The molecule has 0 amide bonds. The number of methoxy groups -OCH3 is 1. The van der Waals surface area contributed by atoms with E-state index < -0.39 is 11.7 Å². The van der Waals surface area contributed by atoms with Gasteiger partial charge in [0.25, 0.3) is 0 Å². The minimum absolute atomic E-state index is 0.143. The van der Waals surface area contributed by atoms with E-state index in [4.69, 9.17) is 27.9 Å². The van der Waals surface area contributed by atoms with Crippen LogP contribution < -0.4 is 4.90 Å². The fourth-order valence-corrected chi connectivity index (χ4v) is 2.94. The van der Waals surface area contributed by atoms with Gasteiger partial charge >= 0.3 is 6.18 Å². The molecule has 0 aliphatic carbocycles. The van der Waals surface area contributed by atoms with E-state index in [1.807, 2.05) is 0 Å². The summed E-state index contributed by atoms with van der Waals surface area (Å²) in [7, 11) is 1.49. The van der Waals surface area contributed by atoms with Crippen molar-refractivity contribution in [3.63, 3.8) is 0 Å². The van der Waals surface area contributed by atoms with Gasteiger partial charge in [-0.15, -0.1) is 0 Å². The van der Waals surface area contributed by atoms with E-state index in [0.717, 1.165) is 6.07 Å². The first-order valence-corrected chi connectivity index (χ1v) is 8.18. The molecule has 0 aliphatic rings. The monoisotopic (exact) mass is 442 g/mol. The van der Waals surface area contributed by atoms with Crippen molar-refractivity contribution >= 4 is 44.8 Å². The van der Waals surface area contributed by atoms with Gasteiger partial charge in [-0.3, -0.25) is 0 Å². The molecule has 24 heavy (non-hydrogen) atoms. The Kier molecular flexibility index (Phi) is 6.36. The third-order valence-electron chi connectivity index (χ3n) is 3.12. The summed E-state index contributed by atoms with van der Waals surface area (Å²) in [5, 5.41) is 0.0662. The van der Waals surface area contributed by atoms with Gasteiger partial charge in [0.15, 0.2) is 0 Å². The van der Waals surface area contributed by atoms with Gasteiger partial charge in [0.2, 0.25) is 0 Å². The molecule has 0 saturated heterocycles. The highest BCUT2D eigenvalue weighted by molar-refractivity contribution is 9.10. The SMILES string of the molecule is COCN(Cc1ccc(Cl)c(C(F)(F)F)c1)c1cc(Cl)cnc1Br. The van der Waals surface area contributed by atoms with E-state index >= 15 is 0 Å². The standard InChI is InChI=1S/C15H12BrCl2F3N2O/c1-24-8-23(13-5-10(17)6-22-14(13)16)7-9-2-3-12(18)11(4-9)15(19,20)21/h2-6H,7-8H2,1H3. The molecule has 0 fully saturated rings. The second-order valence-corrected chi connectivity index (χ2v) is 6.49. The molecule has 9 heteroatoms. The van der Waals surface area contributed by atoms with Crippen LogP contribution in [0.25, 0.3) is 0 Å². The van der Waals surface area contributed by atoms with Crippen molar-refractivity contribution in [1.82, 2.24) is 4.98 Å². The summed E-state index contributed by atoms with van der Waals surface area (Å²) in [6.07, 6.45) is -3.05. The van der Waals surface area contributed by atoms with Crippen molar-refractivity contribution < 1.29 is 17.9 Å². The van der Waals surface area contributed by atoms with Gasteiger partial charge in [-0.05, 0) is 39.7 Å². The molecule has 1 heterocycles. The van der Waals surface area contributed by atoms with Crippen LogP contribution in [-0.2, 0) is 17.5 Å². The highest BCUT2D eigenvalue weighted by Gasteiger charge is 2.33. The zero-order valence-electron chi connectivity index (χ0n) is 12.4. The maximum atomic E-state index is 13.0. The Labute approximate surface area is 155 Å². The quantitative estimate of drug-likeness (QED) is 0.432. The van der Waals surface area contributed by atoms with Gasteiger partial charge in [0, 0.05) is 19.9 Å². The van der Waals surface area contributed by atoms with Crippen molar-refractivity contribution in [2.75, 3.05) is 18.7 Å². The van der Waals surface area contributed by atoms with Crippen LogP contribution in [0.1, 0.15) is 11.1 Å². The zero-order valence-corrected chi connectivity index (χ0v) is 15.5. The Balaban J connectivity index is 2.36. The summed E-state index contributed by atoms with van der Waals surface area (Å²) in [4.78, 5) is 5.78. The van der Waals surface area contributed by atoms with Crippen molar-refractivity contribution in [3.05, 3.63) is 56.2 Å². The second-order valence-electron chi connectivity index (χ2n) is 4.89. The molecule has 0 bridgehead atoms. The lowest BCUT2D eigenvalue weighted by atomic mass is 10.1. The topological polar surface area (TPSA) is 25.4 Å². The normalized spacial score (nSPS) is 11.6. The van der Waals surface area contributed by atoms with E-state index in [-0.39, 0.29) is 18.3 Å². The average Bonchev–Trinajstić information content (AvgIpc) is 2.50. The Hall–Kier alpha value is -1.02. The third-order valence-corrected chi connectivity index (χ3v) is 4.27. The Morgan fingerprint density at radius 3 is 2.58 bits per heavy atom. The molecule has 2 rings (SSSR count). The smallest absolute Gasteiger partial charge is 0.364 e. The summed E-state index contributed by atoms with van der Waals surface area (Å²) in [6, 6.07) is 5.44. The summed E-state index contributed by atoms with van der Waals surface area (Å²) in [5.41, 5.74) is 0.158. The van der Waals surface area contributed by atoms with Gasteiger partial charge in [-0.1, -0.05) is 29.3 Å². The summed E-state index contributed by atoms with van der Waals surface area (Å²) in [5.74, 6) is 0. The Bertz CT molecular complexity index is 728. The Morgan fingerprint density at radius 2 is 1.96 bits per heavy atom. The maximum absolute atomic E-state index is 13.0. The summed E-state index contributed by atoms with van der Waals surface area (Å²) < 4.78 is 44.6. The van der Waals surface area contributed by atoms with Gasteiger partial charge in [0.1, 0.15) is 11.3 Å². The first kappa shape index (κ1) is 19.3. The molecule has 0 saturated carbocycles. The van der Waals surface area contributed by atoms with Crippen LogP contribution in [0, 0.1) is 0 Å². The van der Waals surface area contributed by atoms with Crippen LogP contribution in [-0.4, -0.2) is 18.8 Å². The number of benzene rings is 1. The van der Waals surface area contributed by atoms with Crippen LogP contribution in [0.4, 0.5) is 18.9 Å². The van der Waals surface area contributed by atoms with Crippen LogP contribution in [0.2, 0.25) is 10.0 Å². The first-order chi connectivity index (χ1) is 11.2. The largest absolute Gasteiger partial charge is 0.417 e. The first-order valence-electron chi connectivity index (χ1n) is 6.63. The summed E-state index contributed by atoms with van der Waals surface area (Å²) in [6.45, 7) is 0.305. The number of pyridine rings is 1. The number of hydrogen-bond donors (Lipinski definition) is 0. The molecular formula is C15H12BrCl2F3N2O. The number of anilines is 1. The van der Waals surface area contributed by atoms with Crippen LogP contribution in [0.3, 0.4) is 0 Å². The highest BCUT2D eigenvalue weighted by atomic mass is 79.9. The molecule has 3 nitrogen and oxygen atoms in total. The van der Waals surface area contributed by atoms with Crippen molar-refractivity contribution in [2.24, 2.45) is 0 Å². The molecule has 1 aromatic carbocycles. The molecule has 0 unspecified atom stereocenters. The van der Waals surface area contributed by atoms with Crippen molar-refractivity contribution in [2.45, 2.75) is 12.7 Å². The van der Waals surface area contributed by atoms with E-state index in [9.17, 15) is 13.2 Å². The fraction of sp³-hybridized carbons (Fsp3) is 0.267. The number of halogens is 6. The molecular weight excluding hydrogens is 432 g/mol. The fourth-order valence-electron chi connectivity index (χ4n) is 2.10. The molecule has 0 atom stereocenters. The maximum Gasteiger partial charge on any atom is 0.417 e.